The lowest BCUT2D eigenvalue weighted by atomic mass is 9.99. The Hall–Kier alpha value is -3.88. The van der Waals surface area contributed by atoms with E-state index in [4.69, 9.17) is 11.5 Å². The molecule has 0 unspecified atom stereocenters. The van der Waals surface area contributed by atoms with E-state index in [1.54, 1.807) is 25.1 Å². The van der Waals surface area contributed by atoms with Crippen LogP contribution in [0.2, 0.25) is 0 Å². The Morgan fingerprint density at radius 2 is 1.89 bits per heavy atom. The molecule has 9 heteroatoms. The van der Waals surface area contributed by atoms with Crippen LogP contribution in [0.3, 0.4) is 0 Å². The molecule has 1 heterocycles. The third kappa shape index (κ3) is 3.56. The lowest BCUT2D eigenvalue weighted by molar-refractivity contribution is 0.0996. The number of aryl methyl sites for hydroxylation is 1. The summed E-state index contributed by atoms with van der Waals surface area (Å²) >= 11 is 0. The fourth-order valence-corrected chi connectivity index (χ4v) is 2.73. The van der Waals surface area contributed by atoms with Gasteiger partial charge in [-0.2, -0.15) is 5.10 Å². The minimum atomic E-state index is -0.856. The average molecular weight is 369 g/mol. The molecule has 138 valence electrons. The molecule has 27 heavy (non-hydrogen) atoms. The first-order valence-electron chi connectivity index (χ1n) is 7.82. The summed E-state index contributed by atoms with van der Waals surface area (Å²) in [5.74, 6) is -1.34. The number of carbonyl (C=O) groups excluding carboxylic acids is 2. The van der Waals surface area contributed by atoms with Gasteiger partial charge in [0.05, 0.1) is 17.6 Å². The Morgan fingerprint density at radius 3 is 2.52 bits per heavy atom. The molecule has 0 radical (unpaired) electrons. The highest BCUT2D eigenvalue weighted by molar-refractivity contribution is 6.00. The van der Waals surface area contributed by atoms with Crippen molar-refractivity contribution in [1.82, 2.24) is 9.78 Å². The maximum atomic E-state index is 13.5. The average Bonchev–Trinajstić information content (AvgIpc) is 3.00. The van der Waals surface area contributed by atoms with E-state index in [0.717, 1.165) is 5.56 Å². The molecule has 0 aliphatic rings. The SMILES string of the molecule is Cc1cc(-n2cc(NC(N)=O)c(C(N)=O)n2)ccc1-c1cc(F)ccc1O. The zero-order valence-electron chi connectivity index (χ0n) is 14.2. The molecule has 0 saturated carbocycles. The van der Waals surface area contributed by atoms with Crippen molar-refractivity contribution in [2.45, 2.75) is 6.92 Å². The van der Waals surface area contributed by atoms with Gasteiger partial charge in [-0.05, 0) is 48.4 Å². The fourth-order valence-electron chi connectivity index (χ4n) is 2.73. The lowest BCUT2D eigenvalue weighted by Gasteiger charge is -2.10. The van der Waals surface area contributed by atoms with Crippen LogP contribution >= 0.6 is 0 Å². The third-order valence-electron chi connectivity index (χ3n) is 3.93. The second kappa shape index (κ2) is 6.79. The summed E-state index contributed by atoms with van der Waals surface area (Å²) in [5.41, 5.74) is 12.6. The van der Waals surface area contributed by atoms with Gasteiger partial charge < -0.3 is 21.9 Å². The van der Waals surface area contributed by atoms with Crippen LogP contribution in [0.5, 0.6) is 5.75 Å². The Labute approximate surface area is 153 Å². The van der Waals surface area contributed by atoms with Gasteiger partial charge in [0.15, 0.2) is 5.69 Å². The Balaban J connectivity index is 2.04. The molecule has 0 spiro atoms. The first kappa shape index (κ1) is 17.9. The Morgan fingerprint density at radius 1 is 1.15 bits per heavy atom. The van der Waals surface area contributed by atoms with Crippen LogP contribution in [0.4, 0.5) is 14.9 Å². The molecule has 0 aliphatic carbocycles. The molecule has 0 aliphatic heterocycles. The smallest absolute Gasteiger partial charge is 0.316 e. The van der Waals surface area contributed by atoms with Gasteiger partial charge in [-0.15, -0.1) is 0 Å². The minimum absolute atomic E-state index is 0.0460. The van der Waals surface area contributed by atoms with E-state index in [-0.39, 0.29) is 17.1 Å². The van der Waals surface area contributed by atoms with Crippen LogP contribution in [0, 0.1) is 12.7 Å². The summed E-state index contributed by atoms with van der Waals surface area (Å²) in [7, 11) is 0. The summed E-state index contributed by atoms with van der Waals surface area (Å²) < 4.78 is 14.9. The molecule has 3 aromatic rings. The number of phenols is 1. The number of hydrogen-bond donors (Lipinski definition) is 4. The van der Waals surface area contributed by atoms with Crippen molar-refractivity contribution in [3.8, 4) is 22.6 Å². The fraction of sp³-hybridized carbons (Fsp3) is 0.0556. The summed E-state index contributed by atoms with van der Waals surface area (Å²) in [4.78, 5) is 22.6. The summed E-state index contributed by atoms with van der Waals surface area (Å²) in [6.07, 6.45) is 1.40. The Bertz CT molecular complexity index is 1060. The number of benzene rings is 2. The zero-order valence-corrected chi connectivity index (χ0v) is 14.2. The van der Waals surface area contributed by atoms with Gasteiger partial charge in [-0.3, -0.25) is 4.79 Å². The number of anilines is 1. The third-order valence-corrected chi connectivity index (χ3v) is 3.93. The second-order valence-electron chi connectivity index (χ2n) is 5.85. The minimum Gasteiger partial charge on any atom is -0.507 e. The molecule has 0 saturated heterocycles. The first-order valence-corrected chi connectivity index (χ1v) is 7.82. The molecule has 3 amide bonds. The maximum Gasteiger partial charge on any atom is 0.316 e. The number of amides is 3. The van der Waals surface area contributed by atoms with Crippen LogP contribution < -0.4 is 16.8 Å². The highest BCUT2D eigenvalue weighted by Crippen LogP contribution is 2.33. The van der Waals surface area contributed by atoms with Crippen LogP contribution in [0.15, 0.2) is 42.6 Å². The number of nitrogens with zero attached hydrogens (tertiary/aromatic N) is 2. The number of nitrogens with two attached hydrogens (primary N) is 2. The number of carbonyl (C=O) groups is 2. The number of rotatable bonds is 4. The van der Waals surface area contributed by atoms with Gasteiger partial charge in [0, 0.05) is 5.56 Å². The van der Waals surface area contributed by atoms with Crippen molar-refractivity contribution >= 4 is 17.6 Å². The highest BCUT2D eigenvalue weighted by Gasteiger charge is 2.17. The molecule has 6 N–H and O–H groups in total. The molecule has 2 aromatic carbocycles. The maximum absolute atomic E-state index is 13.5. The van der Waals surface area contributed by atoms with Crippen molar-refractivity contribution in [2.75, 3.05) is 5.32 Å². The zero-order chi connectivity index (χ0) is 19.7. The van der Waals surface area contributed by atoms with Crippen molar-refractivity contribution in [3.05, 3.63) is 59.7 Å². The quantitative estimate of drug-likeness (QED) is 0.561. The number of aromatic nitrogens is 2. The number of urea groups is 1. The normalized spacial score (nSPS) is 10.6. The molecule has 0 bridgehead atoms. The number of primary amides is 2. The molecule has 8 nitrogen and oxygen atoms in total. The van der Waals surface area contributed by atoms with E-state index in [1.807, 2.05) is 0 Å². The highest BCUT2D eigenvalue weighted by atomic mass is 19.1. The largest absolute Gasteiger partial charge is 0.507 e. The van der Waals surface area contributed by atoms with E-state index < -0.39 is 17.8 Å². The number of aromatic hydroxyl groups is 1. The number of nitrogens with one attached hydrogen (secondary N) is 1. The van der Waals surface area contributed by atoms with Crippen LogP contribution in [0.1, 0.15) is 16.1 Å². The Kier molecular flexibility index (Phi) is 4.51. The predicted molar refractivity (Wildman–Crippen MR) is 97.1 cm³/mol. The van der Waals surface area contributed by atoms with Gasteiger partial charge in [0.1, 0.15) is 11.6 Å². The summed E-state index contributed by atoms with van der Waals surface area (Å²) in [6.45, 7) is 1.78. The summed E-state index contributed by atoms with van der Waals surface area (Å²) in [6, 6.07) is 7.92. The first-order chi connectivity index (χ1) is 12.8. The van der Waals surface area contributed by atoms with Crippen molar-refractivity contribution < 1.29 is 19.1 Å². The molecular weight excluding hydrogens is 353 g/mol. The summed E-state index contributed by atoms with van der Waals surface area (Å²) in [5, 5.41) is 16.4. The van der Waals surface area contributed by atoms with E-state index >= 15 is 0 Å². The number of phenolic OH excluding ortho intramolecular Hbond substituents is 1. The topological polar surface area (TPSA) is 136 Å². The molecule has 0 fully saturated rings. The van der Waals surface area contributed by atoms with E-state index in [0.29, 0.717) is 16.8 Å². The standard InChI is InChI=1S/C18H16FN5O3/c1-9-6-11(3-4-12(9)13-7-10(19)2-5-15(13)25)24-8-14(22-18(21)27)16(23-24)17(20)26/h2-8,25H,1H3,(H2,20,26)(H3,21,22,27). The van der Waals surface area contributed by atoms with Gasteiger partial charge in [0.25, 0.3) is 5.91 Å². The van der Waals surface area contributed by atoms with Gasteiger partial charge in [-0.1, -0.05) is 6.07 Å². The van der Waals surface area contributed by atoms with Gasteiger partial charge >= 0.3 is 6.03 Å². The second-order valence-corrected chi connectivity index (χ2v) is 5.85. The van der Waals surface area contributed by atoms with Crippen molar-refractivity contribution in [1.29, 1.82) is 0 Å². The number of hydrogen-bond acceptors (Lipinski definition) is 4. The predicted octanol–water partition coefficient (Wildman–Crippen LogP) is 2.28. The van der Waals surface area contributed by atoms with Gasteiger partial charge in [-0.25, -0.2) is 13.9 Å². The van der Waals surface area contributed by atoms with Crippen LogP contribution in [-0.2, 0) is 0 Å². The number of halogens is 1. The molecule has 3 rings (SSSR count). The van der Waals surface area contributed by atoms with Gasteiger partial charge in [0.2, 0.25) is 0 Å². The van der Waals surface area contributed by atoms with Crippen LogP contribution in [0.25, 0.3) is 16.8 Å². The lowest BCUT2D eigenvalue weighted by Crippen LogP contribution is -2.22. The van der Waals surface area contributed by atoms with E-state index in [2.05, 4.69) is 10.4 Å². The molecule has 1 aromatic heterocycles. The van der Waals surface area contributed by atoms with E-state index in [1.165, 1.54) is 29.1 Å². The monoisotopic (exact) mass is 369 g/mol. The van der Waals surface area contributed by atoms with Crippen molar-refractivity contribution in [3.63, 3.8) is 0 Å². The molecule has 0 atom stereocenters. The van der Waals surface area contributed by atoms with E-state index in [9.17, 15) is 19.1 Å². The van der Waals surface area contributed by atoms with Crippen LogP contribution in [-0.4, -0.2) is 26.8 Å². The molecular formula is C18H16FN5O3. The van der Waals surface area contributed by atoms with Crippen molar-refractivity contribution in [2.24, 2.45) is 11.5 Å².